The van der Waals surface area contributed by atoms with E-state index in [1.165, 1.54) is 6.20 Å². The third-order valence-electron chi connectivity index (χ3n) is 2.78. The number of nitrogens with zero attached hydrogens (tertiary/aromatic N) is 1. The van der Waals surface area contributed by atoms with Crippen molar-refractivity contribution in [2.24, 2.45) is 0 Å². The van der Waals surface area contributed by atoms with Crippen molar-refractivity contribution in [3.8, 4) is 0 Å². The molecule has 0 radical (unpaired) electrons. The predicted octanol–water partition coefficient (Wildman–Crippen LogP) is 2.28. The second-order valence-corrected chi connectivity index (χ2v) is 6.80. The Bertz CT molecular complexity index is 680. The van der Waals surface area contributed by atoms with E-state index in [9.17, 15) is 8.42 Å². The molecule has 0 aliphatic carbocycles. The minimum atomic E-state index is -3.56. The van der Waals surface area contributed by atoms with Crippen LogP contribution < -0.4 is 4.72 Å². The van der Waals surface area contributed by atoms with Crippen molar-refractivity contribution in [2.45, 2.75) is 31.3 Å². The van der Waals surface area contributed by atoms with Crippen molar-refractivity contribution in [3.05, 3.63) is 46.9 Å². The van der Waals surface area contributed by atoms with Crippen molar-refractivity contribution >= 4 is 21.6 Å². The molecule has 108 valence electrons. The Balaban J connectivity index is 2.04. The number of hydrogen-bond donors (Lipinski definition) is 2. The van der Waals surface area contributed by atoms with Gasteiger partial charge in [0.05, 0.1) is 6.20 Å². The van der Waals surface area contributed by atoms with E-state index >= 15 is 0 Å². The van der Waals surface area contributed by atoms with Gasteiger partial charge >= 0.3 is 0 Å². The lowest BCUT2D eigenvalue weighted by Crippen LogP contribution is -2.34. The van der Waals surface area contributed by atoms with Gasteiger partial charge in [-0.2, -0.15) is 0 Å². The molecule has 0 bridgehead atoms. The lowest BCUT2D eigenvalue weighted by molar-refractivity contribution is 0.556. The smallest absolute Gasteiger partial charge is 0.257 e. The highest BCUT2D eigenvalue weighted by Crippen LogP contribution is 2.12. The highest BCUT2D eigenvalue weighted by atomic mass is 35.5. The molecular weight excluding hydrogens is 298 g/mol. The molecule has 0 saturated carbocycles. The van der Waals surface area contributed by atoms with Crippen LogP contribution in [0.4, 0.5) is 0 Å². The van der Waals surface area contributed by atoms with Crippen molar-refractivity contribution < 1.29 is 8.42 Å². The van der Waals surface area contributed by atoms with Gasteiger partial charge in [-0.25, -0.2) is 18.1 Å². The maximum atomic E-state index is 12.1. The van der Waals surface area contributed by atoms with Crippen LogP contribution in [-0.2, 0) is 16.4 Å². The third kappa shape index (κ3) is 3.82. The molecule has 0 amide bonds. The van der Waals surface area contributed by atoms with Crippen molar-refractivity contribution in [1.29, 1.82) is 0 Å². The molecule has 7 heteroatoms. The van der Waals surface area contributed by atoms with Crippen LogP contribution in [0.2, 0.25) is 5.02 Å². The Morgan fingerprint density at radius 1 is 1.35 bits per heavy atom. The zero-order valence-electron chi connectivity index (χ0n) is 11.2. The molecule has 0 aliphatic heterocycles. The molecule has 2 rings (SSSR count). The summed E-state index contributed by atoms with van der Waals surface area (Å²) in [5.41, 5.74) is 1.02. The van der Waals surface area contributed by atoms with Crippen molar-refractivity contribution in [1.82, 2.24) is 14.7 Å². The summed E-state index contributed by atoms with van der Waals surface area (Å²) in [4.78, 5) is 6.61. The summed E-state index contributed by atoms with van der Waals surface area (Å²) in [7, 11) is -3.56. The molecule has 1 aromatic carbocycles. The lowest BCUT2D eigenvalue weighted by atomic mass is 10.1. The van der Waals surface area contributed by atoms with Crippen LogP contribution in [0, 0.1) is 6.92 Å². The van der Waals surface area contributed by atoms with Gasteiger partial charge in [0, 0.05) is 11.1 Å². The fraction of sp³-hybridized carbons (Fsp3) is 0.308. The molecule has 1 heterocycles. The monoisotopic (exact) mass is 313 g/mol. The third-order valence-corrected chi connectivity index (χ3v) is 4.53. The van der Waals surface area contributed by atoms with E-state index in [1.54, 1.807) is 19.1 Å². The van der Waals surface area contributed by atoms with Gasteiger partial charge < -0.3 is 4.98 Å². The average molecular weight is 314 g/mol. The van der Waals surface area contributed by atoms with E-state index in [-0.39, 0.29) is 11.1 Å². The van der Waals surface area contributed by atoms with Crippen LogP contribution in [0.5, 0.6) is 0 Å². The van der Waals surface area contributed by atoms with Crippen LogP contribution in [0.1, 0.15) is 18.3 Å². The van der Waals surface area contributed by atoms with Crippen LogP contribution in [0.3, 0.4) is 0 Å². The second kappa shape index (κ2) is 5.95. The summed E-state index contributed by atoms with van der Waals surface area (Å²) >= 11 is 5.81. The lowest BCUT2D eigenvalue weighted by Gasteiger charge is -2.13. The van der Waals surface area contributed by atoms with Crippen LogP contribution in [0.25, 0.3) is 0 Å². The van der Waals surface area contributed by atoms with Gasteiger partial charge in [-0.05, 0) is 38.0 Å². The first kappa shape index (κ1) is 15.0. The maximum Gasteiger partial charge on any atom is 0.257 e. The fourth-order valence-corrected chi connectivity index (χ4v) is 3.22. The van der Waals surface area contributed by atoms with E-state index in [2.05, 4.69) is 14.7 Å². The normalized spacial score (nSPS) is 13.3. The summed E-state index contributed by atoms with van der Waals surface area (Å²) in [6.45, 7) is 3.52. The van der Waals surface area contributed by atoms with Gasteiger partial charge in [0.25, 0.3) is 10.0 Å². The molecular formula is C13H16ClN3O2S. The van der Waals surface area contributed by atoms with Gasteiger partial charge in [-0.1, -0.05) is 23.7 Å². The molecule has 1 atom stereocenters. The van der Waals surface area contributed by atoms with E-state index in [4.69, 9.17) is 11.6 Å². The van der Waals surface area contributed by atoms with Crippen molar-refractivity contribution in [3.63, 3.8) is 0 Å². The number of halogens is 1. The zero-order valence-corrected chi connectivity index (χ0v) is 12.8. The summed E-state index contributed by atoms with van der Waals surface area (Å²) in [5.74, 6) is 0.565. The summed E-state index contributed by atoms with van der Waals surface area (Å²) in [6.07, 6.45) is 1.90. The highest BCUT2D eigenvalue weighted by molar-refractivity contribution is 7.89. The first-order valence-corrected chi connectivity index (χ1v) is 8.01. The summed E-state index contributed by atoms with van der Waals surface area (Å²) in [5, 5.41) is 0.743. The highest BCUT2D eigenvalue weighted by Gasteiger charge is 2.19. The quantitative estimate of drug-likeness (QED) is 0.889. The standard InChI is InChI=1S/C13H16ClN3O2S/c1-9(7-11-3-5-12(14)6-4-11)17-20(18,19)13-8-15-10(2)16-13/h3-6,8-9,17H,7H2,1-2H3,(H,15,16). The van der Waals surface area contributed by atoms with Gasteiger partial charge in [0.15, 0.2) is 5.03 Å². The Morgan fingerprint density at radius 2 is 2.00 bits per heavy atom. The van der Waals surface area contributed by atoms with E-state index < -0.39 is 10.0 Å². The van der Waals surface area contributed by atoms with Gasteiger partial charge in [-0.3, -0.25) is 0 Å². The molecule has 0 spiro atoms. The molecule has 5 nitrogen and oxygen atoms in total. The summed E-state index contributed by atoms with van der Waals surface area (Å²) < 4.78 is 26.8. The Hall–Kier alpha value is -1.37. The number of aromatic amines is 1. The van der Waals surface area contributed by atoms with Gasteiger partial charge in [0.2, 0.25) is 0 Å². The molecule has 2 aromatic rings. The zero-order chi connectivity index (χ0) is 14.8. The van der Waals surface area contributed by atoms with Gasteiger partial charge in [-0.15, -0.1) is 0 Å². The molecule has 20 heavy (non-hydrogen) atoms. The number of nitrogens with one attached hydrogen (secondary N) is 2. The summed E-state index contributed by atoms with van der Waals surface area (Å²) in [6, 6.07) is 7.11. The molecule has 1 unspecified atom stereocenters. The van der Waals surface area contributed by atoms with Crippen LogP contribution in [-0.4, -0.2) is 24.4 Å². The van der Waals surface area contributed by atoms with E-state index in [1.807, 2.05) is 19.1 Å². The minimum Gasteiger partial charge on any atom is -0.332 e. The number of aryl methyl sites for hydroxylation is 1. The number of H-pyrrole nitrogens is 1. The SMILES string of the molecule is Cc1ncc(S(=O)(=O)NC(C)Cc2ccc(Cl)cc2)[nH]1. The number of rotatable bonds is 5. The van der Waals surface area contributed by atoms with Crippen molar-refractivity contribution in [2.75, 3.05) is 0 Å². The Kier molecular flexibility index (Phi) is 4.47. The number of imidazole rings is 1. The van der Waals surface area contributed by atoms with E-state index in [0.29, 0.717) is 17.3 Å². The topological polar surface area (TPSA) is 74.8 Å². The van der Waals surface area contributed by atoms with Gasteiger partial charge in [0.1, 0.15) is 5.82 Å². The Labute approximate surface area is 123 Å². The molecule has 1 aromatic heterocycles. The largest absolute Gasteiger partial charge is 0.332 e. The Morgan fingerprint density at radius 3 is 2.55 bits per heavy atom. The first-order chi connectivity index (χ1) is 9.37. The van der Waals surface area contributed by atoms with E-state index in [0.717, 1.165) is 5.56 Å². The molecule has 0 saturated heterocycles. The maximum absolute atomic E-state index is 12.1. The number of sulfonamides is 1. The number of hydrogen-bond acceptors (Lipinski definition) is 3. The van der Waals surface area contributed by atoms with Crippen LogP contribution in [0.15, 0.2) is 35.5 Å². The predicted molar refractivity (Wildman–Crippen MR) is 78.3 cm³/mol. The first-order valence-electron chi connectivity index (χ1n) is 6.15. The fourth-order valence-electron chi connectivity index (χ4n) is 1.88. The molecule has 0 fully saturated rings. The molecule has 0 aliphatic rings. The van der Waals surface area contributed by atoms with Crippen LogP contribution >= 0.6 is 11.6 Å². The minimum absolute atomic E-state index is 0.0814. The number of benzene rings is 1. The average Bonchev–Trinajstić information content (AvgIpc) is 2.79. The molecule has 2 N–H and O–H groups in total. The number of aromatic nitrogens is 2. The second-order valence-electron chi connectivity index (χ2n) is 4.69.